The maximum Gasteiger partial charge on any atom is 0.231 e. The summed E-state index contributed by atoms with van der Waals surface area (Å²) in [4.78, 5) is 11.8. The monoisotopic (exact) mass is 243 g/mol. The first kappa shape index (κ1) is 12.3. The van der Waals surface area contributed by atoms with Crippen LogP contribution in [0.2, 0.25) is 0 Å². The summed E-state index contributed by atoms with van der Waals surface area (Å²) in [5, 5.41) is 31.9. The van der Waals surface area contributed by atoms with E-state index in [0.29, 0.717) is 5.76 Å². The van der Waals surface area contributed by atoms with E-state index in [1.54, 1.807) is 0 Å². The molecule has 1 aliphatic carbocycles. The Hall–Kier alpha value is -1.11. The fraction of sp³-hybridized carbons (Fsp3) is 0.727. The number of carbonyl (C=O) groups is 1. The second-order valence-corrected chi connectivity index (χ2v) is 4.58. The number of aliphatic hydroxyl groups is 3. The van der Waals surface area contributed by atoms with E-state index in [-0.39, 0.29) is 5.91 Å². The normalized spacial score (nSPS) is 42.5. The van der Waals surface area contributed by atoms with Crippen LogP contribution < -0.4 is 5.32 Å². The summed E-state index contributed by atoms with van der Waals surface area (Å²) in [5.74, 6) is -1.16. The predicted molar refractivity (Wildman–Crippen MR) is 57.7 cm³/mol. The maximum absolute atomic E-state index is 11.8. The minimum Gasteiger partial charge on any atom is -0.500 e. The SMILES string of the molecule is COC1=C[C@@H](O)[C@H](O)[C@@H]2C1C(=O)N[C@H]2[C@@H](C)O. The van der Waals surface area contributed by atoms with Crippen molar-refractivity contribution in [3.8, 4) is 0 Å². The van der Waals surface area contributed by atoms with E-state index in [0.717, 1.165) is 0 Å². The highest BCUT2D eigenvalue weighted by atomic mass is 16.5. The number of hydrogen-bond donors (Lipinski definition) is 4. The summed E-state index contributed by atoms with van der Waals surface area (Å²) in [6, 6.07) is -0.573. The van der Waals surface area contributed by atoms with E-state index in [1.807, 2.05) is 0 Å². The molecule has 17 heavy (non-hydrogen) atoms. The van der Waals surface area contributed by atoms with Crippen LogP contribution in [0.5, 0.6) is 0 Å². The molecule has 6 heteroatoms. The average Bonchev–Trinajstić information content (AvgIpc) is 2.62. The molecule has 0 saturated carbocycles. The largest absolute Gasteiger partial charge is 0.500 e. The van der Waals surface area contributed by atoms with Gasteiger partial charge in [0.25, 0.3) is 0 Å². The number of ether oxygens (including phenoxy) is 1. The molecule has 0 radical (unpaired) electrons. The molecular formula is C11H17NO5. The van der Waals surface area contributed by atoms with E-state index in [9.17, 15) is 20.1 Å². The Morgan fingerprint density at radius 3 is 2.65 bits per heavy atom. The smallest absolute Gasteiger partial charge is 0.231 e. The van der Waals surface area contributed by atoms with Crippen LogP contribution in [0.4, 0.5) is 0 Å². The van der Waals surface area contributed by atoms with E-state index >= 15 is 0 Å². The molecule has 1 fully saturated rings. The van der Waals surface area contributed by atoms with Crippen LogP contribution in [0.1, 0.15) is 6.92 Å². The lowest BCUT2D eigenvalue weighted by atomic mass is 9.76. The molecule has 96 valence electrons. The van der Waals surface area contributed by atoms with Gasteiger partial charge in [-0.15, -0.1) is 0 Å². The van der Waals surface area contributed by atoms with Crippen molar-refractivity contribution in [2.45, 2.75) is 31.3 Å². The zero-order valence-electron chi connectivity index (χ0n) is 9.70. The van der Waals surface area contributed by atoms with Crippen molar-refractivity contribution in [2.75, 3.05) is 7.11 Å². The number of methoxy groups -OCH3 is 1. The first-order valence-electron chi connectivity index (χ1n) is 5.57. The zero-order valence-corrected chi connectivity index (χ0v) is 9.70. The van der Waals surface area contributed by atoms with Gasteiger partial charge in [-0.25, -0.2) is 0 Å². The van der Waals surface area contributed by atoms with Crippen molar-refractivity contribution in [3.63, 3.8) is 0 Å². The maximum atomic E-state index is 11.8. The van der Waals surface area contributed by atoms with Gasteiger partial charge in [0.05, 0.1) is 25.4 Å². The first-order chi connectivity index (χ1) is 7.97. The van der Waals surface area contributed by atoms with Gasteiger partial charge in [0.2, 0.25) is 5.91 Å². The predicted octanol–water partition coefficient (Wildman–Crippen LogP) is -1.64. The average molecular weight is 243 g/mol. The van der Waals surface area contributed by atoms with Crippen molar-refractivity contribution in [3.05, 3.63) is 11.8 Å². The number of nitrogens with one attached hydrogen (secondary N) is 1. The van der Waals surface area contributed by atoms with Crippen molar-refractivity contribution in [1.82, 2.24) is 5.32 Å². The van der Waals surface area contributed by atoms with Crippen molar-refractivity contribution in [2.24, 2.45) is 11.8 Å². The van der Waals surface area contributed by atoms with Crippen LogP contribution in [-0.4, -0.2) is 52.7 Å². The van der Waals surface area contributed by atoms with Crippen molar-refractivity contribution >= 4 is 5.91 Å². The molecule has 0 spiro atoms. The summed E-state index contributed by atoms with van der Waals surface area (Å²) in [7, 11) is 1.41. The molecule has 6 atom stereocenters. The van der Waals surface area contributed by atoms with Gasteiger partial charge in [-0.3, -0.25) is 4.79 Å². The highest BCUT2D eigenvalue weighted by Gasteiger charge is 2.53. The Morgan fingerprint density at radius 2 is 2.12 bits per heavy atom. The Morgan fingerprint density at radius 1 is 1.47 bits per heavy atom. The summed E-state index contributed by atoms with van der Waals surface area (Å²) in [6.45, 7) is 1.54. The van der Waals surface area contributed by atoms with E-state index in [4.69, 9.17) is 4.74 Å². The van der Waals surface area contributed by atoms with Crippen LogP contribution in [-0.2, 0) is 9.53 Å². The quantitative estimate of drug-likeness (QED) is 0.466. The molecule has 0 aromatic heterocycles. The van der Waals surface area contributed by atoms with E-state index < -0.39 is 36.2 Å². The van der Waals surface area contributed by atoms with Gasteiger partial charge in [-0.1, -0.05) is 0 Å². The van der Waals surface area contributed by atoms with Gasteiger partial charge in [0.1, 0.15) is 17.8 Å². The number of aliphatic hydroxyl groups excluding tert-OH is 3. The summed E-state index contributed by atoms with van der Waals surface area (Å²) in [6.07, 6.45) is -1.62. The molecule has 0 aromatic rings. The molecule has 2 aliphatic rings. The lowest BCUT2D eigenvalue weighted by molar-refractivity contribution is -0.124. The lowest BCUT2D eigenvalue weighted by Crippen LogP contribution is -2.48. The van der Waals surface area contributed by atoms with Gasteiger partial charge < -0.3 is 25.4 Å². The molecule has 1 heterocycles. The molecule has 4 N–H and O–H groups in total. The second-order valence-electron chi connectivity index (χ2n) is 4.58. The van der Waals surface area contributed by atoms with E-state index in [2.05, 4.69) is 5.32 Å². The first-order valence-corrected chi connectivity index (χ1v) is 5.57. The van der Waals surface area contributed by atoms with Crippen molar-refractivity contribution < 1.29 is 24.9 Å². The fourth-order valence-electron chi connectivity index (χ4n) is 2.70. The van der Waals surface area contributed by atoms with Gasteiger partial charge in [0, 0.05) is 5.92 Å². The third-order valence-corrected chi connectivity index (χ3v) is 3.53. The van der Waals surface area contributed by atoms with Gasteiger partial charge >= 0.3 is 0 Å². The van der Waals surface area contributed by atoms with Crippen LogP contribution in [0.15, 0.2) is 11.8 Å². The third kappa shape index (κ3) is 1.82. The standard InChI is InChI=1S/C11H17NO5/c1-4(13)9-8-7(11(16)12-9)6(17-2)3-5(14)10(8)15/h3-5,7-10,13-15H,1-2H3,(H,12,16)/t4-,5-,7?,8-,9+,10+/m1/s1. The van der Waals surface area contributed by atoms with Crippen LogP contribution in [0.3, 0.4) is 0 Å². The molecule has 1 aliphatic heterocycles. The minimum atomic E-state index is -1.09. The molecule has 1 amide bonds. The van der Waals surface area contributed by atoms with Gasteiger partial charge in [-0.2, -0.15) is 0 Å². The van der Waals surface area contributed by atoms with Crippen LogP contribution in [0, 0.1) is 11.8 Å². The highest BCUT2D eigenvalue weighted by molar-refractivity contribution is 5.85. The fourth-order valence-corrected chi connectivity index (χ4v) is 2.70. The Kier molecular flexibility index (Phi) is 3.11. The number of hydrogen-bond acceptors (Lipinski definition) is 5. The van der Waals surface area contributed by atoms with E-state index in [1.165, 1.54) is 20.1 Å². The van der Waals surface area contributed by atoms with Gasteiger partial charge in [-0.05, 0) is 13.0 Å². The lowest BCUT2D eigenvalue weighted by Gasteiger charge is -2.34. The Balaban J connectivity index is 2.38. The minimum absolute atomic E-state index is 0.292. The second kappa shape index (κ2) is 4.29. The molecule has 0 bridgehead atoms. The zero-order chi connectivity index (χ0) is 12.7. The molecule has 0 aromatic carbocycles. The highest BCUT2D eigenvalue weighted by Crippen LogP contribution is 2.39. The molecule has 1 unspecified atom stereocenters. The summed E-state index contributed by atoms with van der Waals surface area (Å²) in [5.41, 5.74) is 0. The number of fused-ring (bicyclic) bond motifs is 1. The molecule has 6 nitrogen and oxygen atoms in total. The summed E-state index contributed by atoms with van der Waals surface area (Å²) >= 11 is 0. The molecule has 2 rings (SSSR count). The van der Waals surface area contributed by atoms with Gasteiger partial charge in [0.15, 0.2) is 0 Å². The Bertz CT molecular complexity index is 354. The summed E-state index contributed by atoms with van der Waals surface area (Å²) < 4.78 is 5.07. The number of carbonyl (C=O) groups excluding carboxylic acids is 1. The molecule has 1 saturated heterocycles. The topological polar surface area (TPSA) is 99.0 Å². The number of rotatable bonds is 2. The Labute approximate surface area is 98.9 Å². The number of amides is 1. The molecular weight excluding hydrogens is 226 g/mol. The van der Waals surface area contributed by atoms with Crippen molar-refractivity contribution in [1.29, 1.82) is 0 Å². The van der Waals surface area contributed by atoms with Crippen LogP contribution in [0.25, 0.3) is 0 Å². The third-order valence-electron chi connectivity index (χ3n) is 3.53. The van der Waals surface area contributed by atoms with Crippen LogP contribution >= 0.6 is 0 Å².